The lowest BCUT2D eigenvalue weighted by molar-refractivity contribution is 0.0303. The van der Waals surface area contributed by atoms with Crippen LogP contribution in [0.1, 0.15) is 28.8 Å². The summed E-state index contributed by atoms with van der Waals surface area (Å²) in [6, 6.07) is 5.32. The highest BCUT2D eigenvalue weighted by Crippen LogP contribution is 2.28. The van der Waals surface area contributed by atoms with Crippen LogP contribution in [0.15, 0.2) is 18.2 Å². The minimum Gasteiger partial charge on any atom is -0.378 e. The molecule has 0 aromatic heterocycles. The quantitative estimate of drug-likeness (QED) is 0.817. The summed E-state index contributed by atoms with van der Waals surface area (Å²) < 4.78 is 31.4. The molecular weight excluding hydrogens is 316 g/mol. The third kappa shape index (κ3) is 3.35. The van der Waals surface area contributed by atoms with E-state index in [9.17, 15) is 13.2 Å². The Kier molecular flexibility index (Phi) is 4.59. The lowest BCUT2D eigenvalue weighted by atomic mass is 10.1. The van der Waals surface area contributed by atoms with Gasteiger partial charge >= 0.3 is 0 Å². The van der Waals surface area contributed by atoms with Crippen molar-refractivity contribution in [3.63, 3.8) is 0 Å². The Labute approximate surface area is 137 Å². The Morgan fingerprint density at radius 2 is 1.87 bits per heavy atom. The smallest absolute Gasteiger partial charge is 0.254 e. The number of carbonyl (C=O) groups is 1. The van der Waals surface area contributed by atoms with E-state index >= 15 is 0 Å². The summed E-state index contributed by atoms with van der Waals surface area (Å²) in [7, 11) is -3.28. The molecule has 7 heteroatoms. The number of aryl methyl sites for hydroxylation is 1. The fourth-order valence-corrected chi connectivity index (χ4v) is 4.71. The lowest BCUT2D eigenvalue weighted by Crippen LogP contribution is -2.41. The van der Waals surface area contributed by atoms with Gasteiger partial charge in [-0.25, -0.2) is 8.42 Å². The fourth-order valence-electron chi connectivity index (χ4n) is 3.02. The maximum atomic E-state index is 12.6. The van der Waals surface area contributed by atoms with Crippen LogP contribution in [0.5, 0.6) is 0 Å². The van der Waals surface area contributed by atoms with Crippen LogP contribution >= 0.6 is 0 Å². The van der Waals surface area contributed by atoms with Crippen molar-refractivity contribution in [2.45, 2.75) is 19.8 Å². The van der Waals surface area contributed by atoms with Crippen molar-refractivity contribution in [3.8, 4) is 0 Å². The summed E-state index contributed by atoms with van der Waals surface area (Å²) in [5.41, 5.74) is 2.03. The molecule has 1 aromatic rings. The van der Waals surface area contributed by atoms with Gasteiger partial charge in [0, 0.05) is 25.2 Å². The highest BCUT2D eigenvalue weighted by Gasteiger charge is 2.28. The molecule has 0 N–H and O–H groups in total. The molecule has 3 rings (SSSR count). The van der Waals surface area contributed by atoms with Gasteiger partial charge in [-0.2, -0.15) is 0 Å². The van der Waals surface area contributed by atoms with Gasteiger partial charge in [0.2, 0.25) is 10.0 Å². The number of nitrogens with zero attached hydrogens (tertiary/aromatic N) is 2. The second-order valence-electron chi connectivity index (χ2n) is 6.00. The first-order valence-corrected chi connectivity index (χ1v) is 9.58. The van der Waals surface area contributed by atoms with Crippen molar-refractivity contribution in [1.29, 1.82) is 0 Å². The summed E-state index contributed by atoms with van der Waals surface area (Å²) in [5, 5.41) is 0. The Bertz CT molecular complexity index is 696. The molecular formula is C16H22N2O4S. The fraction of sp³-hybridized carbons (Fsp3) is 0.562. The van der Waals surface area contributed by atoms with Gasteiger partial charge in [-0.3, -0.25) is 9.10 Å². The largest absolute Gasteiger partial charge is 0.378 e. The van der Waals surface area contributed by atoms with Gasteiger partial charge in [-0.15, -0.1) is 0 Å². The average Bonchev–Trinajstić information content (AvgIpc) is 2.55. The zero-order chi connectivity index (χ0) is 16.4. The molecule has 0 saturated carbocycles. The highest BCUT2D eigenvalue weighted by atomic mass is 32.2. The number of carbonyl (C=O) groups excluding carboxylic acids is 1. The third-order valence-corrected chi connectivity index (χ3v) is 6.23. The zero-order valence-electron chi connectivity index (χ0n) is 13.3. The van der Waals surface area contributed by atoms with Gasteiger partial charge in [0.05, 0.1) is 24.7 Å². The molecule has 0 aliphatic carbocycles. The van der Waals surface area contributed by atoms with Crippen LogP contribution in [-0.4, -0.2) is 57.8 Å². The Morgan fingerprint density at radius 1 is 1.13 bits per heavy atom. The van der Waals surface area contributed by atoms with Gasteiger partial charge in [-0.05, 0) is 37.5 Å². The summed E-state index contributed by atoms with van der Waals surface area (Å²) >= 11 is 0. The number of benzene rings is 1. The number of rotatable bonds is 2. The number of morpholine rings is 1. The van der Waals surface area contributed by atoms with E-state index in [1.807, 2.05) is 13.0 Å². The first kappa shape index (κ1) is 16.3. The molecule has 0 bridgehead atoms. The summed E-state index contributed by atoms with van der Waals surface area (Å²) in [5.74, 6) is 0.109. The summed E-state index contributed by atoms with van der Waals surface area (Å²) in [4.78, 5) is 14.4. The molecule has 2 aliphatic rings. The van der Waals surface area contributed by atoms with E-state index in [1.165, 1.54) is 4.31 Å². The van der Waals surface area contributed by atoms with Crippen LogP contribution in [0.25, 0.3) is 0 Å². The van der Waals surface area contributed by atoms with Crippen molar-refractivity contribution in [2.24, 2.45) is 0 Å². The van der Waals surface area contributed by atoms with E-state index in [4.69, 9.17) is 4.74 Å². The summed E-state index contributed by atoms with van der Waals surface area (Å²) in [6.45, 7) is 4.60. The Hall–Kier alpha value is -1.60. The molecule has 6 nitrogen and oxygen atoms in total. The number of hydrogen-bond acceptors (Lipinski definition) is 4. The number of amides is 1. The maximum Gasteiger partial charge on any atom is 0.254 e. The predicted octanol–water partition coefficient (Wildman–Crippen LogP) is 1.40. The van der Waals surface area contributed by atoms with Crippen molar-refractivity contribution in [3.05, 3.63) is 29.3 Å². The Morgan fingerprint density at radius 3 is 2.57 bits per heavy atom. The standard InChI is InChI=1S/C16H22N2O4S/c1-13-4-5-14(16(19)17-7-9-22-10-8-17)12-15(13)18-6-2-3-11-23(18,20)21/h4-5,12H,2-3,6-11H2,1H3. The van der Waals surface area contributed by atoms with E-state index in [0.717, 1.165) is 12.0 Å². The summed E-state index contributed by atoms with van der Waals surface area (Å²) in [6.07, 6.45) is 1.55. The van der Waals surface area contributed by atoms with Gasteiger partial charge in [0.15, 0.2) is 0 Å². The SMILES string of the molecule is Cc1ccc(C(=O)N2CCOCC2)cc1N1CCCCS1(=O)=O. The molecule has 1 aromatic carbocycles. The van der Waals surface area contributed by atoms with Gasteiger partial charge in [0.25, 0.3) is 5.91 Å². The minimum absolute atomic E-state index is 0.0658. The molecule has 2 heterocycles. The van der Waals surface area contributed by atoms with E-state index in [2.05, 4.69) is 0 Å². The highest BCUT2D eigenvalue weighted by molar-refractivity contribution is 7.92. The molecule has 2 saturated heterocycles. The number of hydrogen-bond donors (Lipinski definition) is 0. The molecule has 0 spiro atoms. The number of ether oxygens (including phenoxy) is 1. The van der Waals surface area contributed by atoms with Crippen LogP contribution < -0.4 is 4.31 Å². The second kappa shape index (κ2) is 6.49. The topological polar surface area (TPSA) is 66.9 Å². The van der Waals surface area contributed by atoms with Crippen LogP contribution in [0.4, 0.5) is 5.69 Å². The van der Waals surface area contributed by atoms with Crippen LogP contribution in [-0.2, 0) is 14.8 Å². The molecule has 0 atom stereocenters. The first-order valence-electron chi connectivity index (χ1n) is 7.97. The van der Waals surface area contributed by atoms with E-state index < -0.39 is 10.0 Å². The monoisotopic (exact) mass is 338 g/mol. The van der Waals surface area contributed by atoms with Gasteiger partial charge in [0.1, 0.15) is 0 Å². The van der Waals surface area contributed by atoms with Crippen molar-refractivity contribution < 1.29 is 17.9 Å². The number of anilines is 1. The van der Waals surface area contributed by atoms with Crippen LogP contribution in [0.2, 0.25) is 0 Å². The van der Waals surface area contributed by atoms with E-state index in [0.29, 0.717) is 50.5 Å². The van der Waals surface area contributed by atoms with Crippen LogP contribution in [0, 0.1) is 6.92 Å². The van der Waals surface area contributed by atoms with Crippen molar-refractivity contribution in [1.82, 2.24) is 4.90 Å². The predicted molar refractivity (Wildman–Crippen MR) is 88.3 cm³/mol. The van der Waals surface area contributed by atoms with Crippen molar-refractivity contribution >= 4 is 21.6 Å². The molecule has 126 valence electrons. The molecule has 0 radical (unpaired) electrons. The molecule has 0 unspecified atom stereocenters. The molecule has 1 amide bonds. The molecule has 2 fully saturated rings. The second-order valence-corrected chi connectivity index (χ2v) is 8.01. The zero-order valence-corrected chi connectivity index (χ0v) is 14.1. The average molecular weight is 338 g/mol. The van der Waals surface area contributed by atoms with Crippen molar-refractivity contribution in [2.75, 3.05) is 42.9 Å². The lowest BCUT2D eigenvalue weighted by Gasteiger charge is -2.31. The maximum absolute atomic E-state index is 12.6. The normalized spacial score (nSPS) is 21.3. The molecule has 23 heavy (non-hydrogen) atoms. The number of sulfonamides is 1. The van der Waals surface area contributed by atoms with E-state index in [-0.39, 0.29) is 11.7 Å². The molecule has 2 aliphatic heterocycles. The third-order valence-electron chi connectivity index (χ3n) is 4.37. The first-order chi connectivity index (χ1) is 11.0. The van der Waals surface area contributed by atoms with E-state index in [1.54, 1.807) is 17.0 Å². The Balaban J connectivity index is 1.91. The minimum atomic E-state index is -3.28. The van der Waals surface area contributed by atoms with Gasteiger partial charge in [-0.1, -0.05) is 6.07 Å². The van der Waals surface area contributed by atoms with Crippen LogP contribution in [0.3, 0.4) is 0 Å². The van der Waals surface area contributed by atoms with Gasteiger partial charge < -0.3 is 9.64 Å².